The van der Waals surface area contributed by atoms with Crippen molar-refractivity contribution in [3.8, 4) is 0 Å². The standard InChI is InChI=1S/C10H17N/c1-2-4-9(5-3-1)8-11-10-6-7-10/h4,10-11H,1-3,5-8H2. The molecule has 0 saturated heterocycles. The molecule has 0 radical (unpaired) electrons. The first-order chi connectivity index (χ1) is 5.45. The van der Waals surface area contributed by atoms with E-state index in [1.807, 2.05) is 0 Å². The molecule has 0 bridgehead atoms. The predicted molar refractivity (Wildman–Crippen MR) is 47.6 cm³/mol. The van der Waals surface area contributed by atoms with E-state index in [0.29, 0.717) is 0 Å². The third-order valence-electron chi connectivity index (χ3n) is 2.58. The quantitative estimate of drug-likeness (QED) is 0.610. The second kappa shape index (κ2) is 3.40. The number of hydrogen-bond donors (Lipinski definition) is 1. The average molecular weight is 151 g/mol. The molecule has 0 aromatic rings. The van der Waals surface area contributed by atoms with Gasteiger partial charge in [0.05, 0.1) is 0 Å². The van der Waals surface area contributed by atoms with Gasteiger partial charge in [-0.2, -0.15) is 0 Å². The maximum Gasteiger partial charge on any atom is 0.0167 e. The van der Waals surface area contributed by atoms with E-state index in [9.17, 15) is 0 Å². The van der Waals surface area contributed by atoms with Gasteiger partial charge in [0.2, 0.25) is 0 Å². The summed E-state index contributed by atoms with van der Waals surface area (Å²) in [6.45, 7) is 1.17. The summed E-state index contributed by atoms with van der Waals surface area (Å²) >= 11 is 0. The zero-order valence-corrected chi connectivity index (χ0v) is 7.10. The molecule has 0 heterocycles. The van der Waals surface area contributed by atoms with E-state index in [0.717, 1.165) is 6.04 Å². The van der Waals surface area contributed by atoms with Gasteiger partial charge in [-0.25, -0.2) is 0 Å². The van der Waals surface area contributed by atoms with E-state index < -0.39 is 0 Å². The van der Waals surface area contributed by atoms with Gasteiger partial charge in [0.25, 0.3) is 0 Å². The van der Waals surface area contributed by atoms with Crippen LogP contribution in [0.3, 0.4) is 0 Å². The highest BCUT2D eigenvalue weighted by atomic mass is 14.9. The Morgan fingerprint density at radius 3 is 2.91 bits per heavy atom. The second-order valence-electron chi connectivity index (χ2n) is 3.76. The molecule has 2 aliphatic carbocycles. The van der Waals surface area contributed by atoms with Crippen LogP contribution in [0.25, 0.3) is 0 Å². The Balaban J connectivity index is 1.70. The van der Waals surface area contributed by atoms with Crippen LogP contribution >= 0.6 is 0 Å². The number of rotatable bonds is 3. The molecule has 1 saturated carbocycles. The second-order valence-corrected chi connectivity index (χ2v) is 3.76. The summed E-state index contributed by atoms with van der Waals surface area (Å²) in [4.78, 5) is 0. The van der Waals surface area contributed by atoms with Gasteiger partial charge in [-0.3, -0.25) is 0 Å². The summed E-state index contributed by atoms with van der Waals surface area (Å²) in [5.74, 6) is 0. The summed E-state index contributed by atoms with van der Waals surface area (Å²) in [5.41, 5.74) is 1.66. The molecule has 62 valence electrons. The fourth-order valence-corrected chi connectivity index (χ4v) is 1.63. The molecular formula is C10H17N. The largest absolute Gasteiger partial charge is 0.310 e. The fourth-order valence-electron chi connectivity index (χ4n) is 1.63. The molecule has 0 unspecified atom stereocenters. The van der Waals surface area contributed by atoms with Crippen molar-refractivity contribution < 1.29 is 0 Å². The summed E-state index contributed by atoms with van der Waals surface area (Å²) in [5, 5.41) is 3.56. The van der Waals surface area contributed by atoms with Crippen molar-refractivity contribution in [2.24, 2.45) is 0 Å². The van der Waals surface area contributed by atoms with Gasteiger partial charge in [0.1, 0.15) is 0 Å². The molecule has 1 heteroatoms. The first-order valence-electron chi connectivity index (χ1n) is 4.86. The van der Waals surface area contributed by atoms with Crippen LogP contribution in [0.5, 0.6) is 0 Å². The van der Waals surface area contributed by atoms with Gasteiger partial charge in [0, 0.05) is 12.6 Å². The van der Waals surface area contributed by atoms with Gasteiger partial charge >= 0.3 is 0 Å². The van der Waals surface area contributed by atoms with E-state index in [4.69, 9.17) is 0 Å². The number of nitrogens with one attached hydrogen (secondary N) is 1. The third-order valence-corrected chi connectivity index (χ3v) is 2.58. The minimum absolute atomic E-state index is 0.873. The summed E-state index contributed by atoms with van der Waals surface area (Å²) < 4.78 is 0. The minimum Gasteiger partial charge on any atom is -0.310 e. The Morgan fingerprint density at radius 1 is 1.36 bits per heavy atom. The summed E-state index contributed by atoms with van der Waals surface area (Å²) in [6.07, 6.45) is 10.7. The van der Waals surface area contributed by atoms with Crippen molar-refractivity contribution >= 4 is 0 Å². The van der Waals surface area contributed by atoms with Crippen molar-refractivity contribution in [2.75, 3.05) is 6.54 Å². The molecule has 0 aromatic heterocycles. The van der Waals surface area contributed by atoms with Gasteiger partial charge in [-0.15, -0.1) is 0 Å². The lowest BCUT2D eigenvalue weighted by Crippen LogP contribution is -2.19. The van der Waals surface area contributed by atoms with Crippen LogP contribution in [0.15, 0.2) is 11.6 Å². The third kappa shape index (κ3) is 2.33. The smallest absolute Gasteiger partial charge is 0.0167 e. The highest BCUT2D eigenvalue weighted by molar-refractivity contribution is 5.07. The van der Waals surface area contributed by atoms with Crippen molar-refractivity contribution in [3.05, 3.63) is 11.6 Å². The van der Waals surface area contributed by atoms with Crippen molar-refractivity contribution in [1.82, 2.24) is 5.32 Å². The van der Waals surface area contributed by atoms with Gasteiger partial charge < -0.3 is 5.32 Å². The van der Waals surface area contributed by atoms with Crippen LogP contribution in [0, 0.1) is 0 Å². The Kier molecular flexibility index (Phi) is 2.27. The molecule has 0 aromatic carbocycles. The molecule has 0 spiro atoms. The van der Waals surface area contributed by atoms with Gasteiger partial charge in [0.15, 0.2) is 0 Å². The maximum absolute atomic E-state index is 3.56. The van der Waals surface area contributed by atoms with Crippen LogP contribution in [0.4, 0.5) is 0 Å². The van der Waals surface area contributed by atoms with Crippen LogP contribution in [0.2, 0.25) is 0 Å². The van der Waals surface area contributed by atoms with Gasteiger partial charge in [-0.05, 0) is 38.5 Å². The Morgan fingerprint density at radius 2 is 2.27 bits per heavy atom. The van der Waals surface area contributed by atoms with E-state index in [2.05, 4.69) is 11.4 Å². The predicted octanol–water partition coefficient (Wildman–Crippen LogP) is 2.24. The zero-order valence-electron chi connectivity index (χ0n) is 7.10. The molecule has 2 aliphatic rings. The Hall–Kier alpha value is -0.300. The van der Waals surface area contributed by atoms with Crippen LogP contribution in [-0.4, -0.2) is 12.6 Å². The molecule has 0 aliphatic heterocycles. The zero-order chi connectivity index (χ0) is 7.52. The molecule has 0 atom stereocenters. The van der Waals surface area contributed by atoms with Gasteiger partial charge in [-0.1, -0.05) is 11.6 Å². The van der Waals surface area contributed by atoms with E-state index in [1.54, 1.807) is 5.57 Å². The average Bonchev–Trinajstić information content (AvgIpc) is 2.86. The molecule has 11 heavy (non-hydrogen) atoms. The molecule has 0 amide bonds. The molecule has 1 N–H and O–H groups in total. The summed E-state index contributed by atoms with van der Waals surface area (Å²) in [7, 11) is 0. The highest BCUT2D eigenvalue weighted by Crippen LogP contribution is 2.21. The van der Waals surface area contributed by atoms with E-state index in [-0.39, 0.29) is 0 Å². The topological polar surface area (TPSA) is 12.0 Å². The Labute approximate surface area is 68.9 Å². The summed E-state index contributed by atoms with van der Waals surface area (Å²) in [6, 6.07) is 0.873. The lowest BCUT2D eigenvalue weighted by atomic mass is 10.00. The van der Waals surface area contributed by atoms with Crippen LogP contribution in [-0.2, 0) is 0 Å². The normalized spacial score (nSPS) is 24.9. The van der Waals surface area contributed by atoms with E-state index >= 15 is 0 Å². The number of allylic oxidation sites excluding steroid dienone is 1. The Bertz CT molecular complexity index is 156. The molecule has 1 nitrogen and oxygen atoms in total. The van der Waals surface area contributed by atoms with Crippen LogP contribution < -0.4 is 5.32 Å². The molecule has 2 rings (SSSR count). The maximum atomic E-state index is 3.56. The first kappa shape index (κ1) is 7.35. The first-order valence-corrected chi connectivity index (χ1v) is 4.86. The van der Waals surface area contributed by atoms with Crippen LogP contribution in [0.1, 0.15) is 38.5 Å². The fraction of sp³-hybridized carbons (Fsp3) is 0.800. The van der Waals surface area contributed by atoms with Crippen molar-refractivity contribution in [1.29, 1.82) is 0 Å². The highest BCUT2D eigenvalue weighted by Gasteiger charge is 2.20. The monoisotopic (exact) mass is 151 g/mol. The lowest BCUT2D eigenvalue weighted by molar-refractivity contribution is 0.646. The lowest BCUT2D eigenvalue weighted by Gasteiger charge is -2.12. The SMILES string of the molecule is C1=C(CNC2CC2)CCCC1. The van der Waals surface area contributed by atoms with Crippen molar-refractivity contribution in [2.45, 2.75) is 44.6 Å². The molecular weight excluding hydrogens is 134 g/mol. The minimum atomic E-state index is 0.873. The van der Waals surface area contributed by atoms with E-state index in [1.165, 1.54) is 45.1 Å². The number of hydrogen-bond acceptors (Lipinski definition) is 1. The van der Waals surface area contributed by atoms with Crippen molar-refractivity contribution in [3.63, 3.8) is 0 Å². The molecule has 1 fully saturated rings.